The number of amides is 1. The van der Waals surface area contributed by atoms with Crippen molar-refractivity contribution in [3.05, 3.63) is 96.3 Å². The Bertz CT molecular complexity index is 1430. The molecule has 3 aromatic carbocycles. The van der Waals surface area contributed by atoms with Gasteiger partial charge < -0.3 is 10.1 Å². The number of carbonyl (C=O) groups is 1. The first-order valence-corrected chi connectivity index (χ1v) is 11.9. The molecule has 0 atom stereocenters. The van der Waals surface area contributed by atoms with Crippen molar-refractivity contribution in [3.8, 4) is 11.4 Å². The van der Waals surface area contributed by atoms with Crippen LogP contribution >= 0.6 is 0 Å². The van der Waals surface area contributed by atoms with E-state index in [1.165, 1.54) is 23.5 Å². The molecule has 4 rings (SSSR count). The van der Waals surface area contributed by atoms with Crippen LogP contribution in [0.5, 0.6) is 5.75 Å². The van der Waals surface area contributed by atoms with Crippen LogP contribution in [0.15, 0.2) is 90.0 Å². The summed E-state index contributed by atoms with van der Waals surface area (Å²) in [4.78, 5) is 12.9. The Balaban J connectivity index is 1.56. The van der Waals surface area contributed by atoms with Gasteiger partial charge in [0.1, 0.15) is 5.75 Å². The van der Waals surface area contributed by atoms with E-state index in [0.717, 1.165) is 11.4 Å². The summed E-state index contributed by atoms with van der Waals surface area (Å²) in [5.74, 6) is 0.207. The van der Waals surface area contributed by atoms with Crippen molar-refractivity contribution >= 4 is 27.3 Å². The third-order valence-corrected chi connectivity index (χ3v) is 7.15. The fraction of sp³-hybridized carbons (Fsp3) is 0.120. The van der Waals surface area contributed by atoms with Crippen LogP contribution in [0.4, 0.5) is 11.4 Å². The predicted octanol–water partition coefficient (Wildman–Crippen LogP) is 4.27. The molecule has 0 bridgehead atoms. The van der Waals surface area contributed by atoms with Crippen molar-refractivity contribution in [1.82, 2.24) is 9.78 Å². The predicted molar refractivity (Wildman–Crippen MR) is 131 cm³/mol. The Morgan fingerprint density at radius 1 is 1.00 bits per heavy atom. The zero-order valence-corrected chi connectivity index (χ0v) is 19.8. The number of aromatic nitrogens is 2. The second-order valence-corrected chi connectivity index (χ2v) is 9.56. The van der Waals surface area contributed by atoms with Crippen molar-refractivity contribution in [2.24, 2.45) is 0 Å². The van der Waals surface area contributed by atoms with Crippen LogP contribution in [-0.2, 0) is 10.0 Å². The number of ether oxygens (including phenoxy) is 1. The van der Waals surface area contributed by atoms with Crippen molar-refractivity contribution in [2.45, 2.75) is 11.8 Å². The Labute approximate surface area is 198 Å². The van der Waals surface area contributed by atoms with Gasteiger partial charge in [-0.2, -0.15) is 5.10 Å². The van der Waals surface area contributed by atoms with Crippen LogP contribution in [-0.4, -0.2) is 38.3 Å². The second-order valence-electron chi connectivity index (χ2n) is 7.59. The number of sulfonamides is 1. The highest BCUT2D eigenvalue weighted by Crippen LogP contribution is 2.25. The fourth-order valence-corrected chi connectivity index (χ4v) is 4.69. The van der Waals surface area contributed by atoms with E-state index < -0.39 is 15.9 Å². The average molecular weight is 477 g/mol. The third kappa shape index (κ3) is 4.65. The lowest BCUT2D eigenvalue weighted by Gasteiger charge is -2.20. The van der Waals surface area contributed by atoms with Crippen LogP contribution in [0.2, 0.25) is 0 Å². The van der Waals surface area contributed by atoms with Crippen LogP contribution in [0.1, 0.15) is 16.1 Å². The molecule has 0 fully saturated rings. The maximum absolute atomic E-state index is 13.2. The van der Waals surface area contributed by atoms with Gasteiger partial charge in [0.05, 0.1) is 23.4 Å². The number of nitrogens with zero attached hydrogens (tertiary/aromatic N) is 3. The average Bonchev–Trinajstić information content (AvgIpc) is 3.29. The largest absolute Gasteiger partial charge is 0.497 e. The van der Waals surface area contributed by atoms with Gasteiger partial charge in [-0.05, 0) is 73.7 Å². The monoisotopic (exact) mass is 476 g/mol. The van der Waals surface area contributed by atoms with Gasteiger partial charge in [0.15, 0.2) is 0 Å². The maximum Gasteiger partial charge on any atom is 0.264 e. The molecule has 0 aliphatic rings. The molecule has 0 radical (unpaired) electrons. The number of anilines is 2. The minimum Gasteiger partial charge on any atom is -0.497 e. The molecule has 174 valence electrons. The highest BCUT2D eigenvalue weighted by Gasteiger charge is 2.22. The summed E-state index contributed by atoms with van der Waals surface area (Å²) in [6.07, 6.45) is 1.70. The van der Waals surface area contributed by atoms with E-state index in [2.05, 4.69) is 10.4 Å². The molecule has 0 unspecified atom stereocenters. The Kier molecular flexibility index (Phi) is 6.38. The molecule has 0 saturated heterocycles. The highest BCUT2D eigenvalue weighted by molar-refractivity contribution is 7.92. The molecule has 1 heterocycles. The summed E-state index contributed by atoms with van der Waals surface area (Å²) in [6, 6.07) is 21.8. The lowest BCUT2D eigenvalue weighted by Crippen LogP contribution is -2.26. The smallest absolute Gasteiger partial charge is 0.264 e. The standard InChI is InChI=1S/C25H24N4O4S/c1-18-14-15-26-29(18)22-8-5-7-20(17-22)27-25(30)19-6-4-9-24(16-19)34(31,32)28(2)21-10-12-23(33-3)13-11-21/h4-17H,1-3H3,(H,27,30). The number of hydrogen-bond donors (Lipinski definition) is 1. The Morgan fingerprint density at radius 3 is 2.41 bits per heavy atom. The molecule has 8 nitrogen and oxygen atoms in total. The molecule has 1 amide bonds. The number of carbonyl (C=O) groups excluding carboxylic acids is 1. The number of hydrogen-bond acceptors (Lipinski definition) is 5. The van der Waals surface area contributed by atoms with Crippen molar-refractivity contribution < 1.29 is 17.9 Å². The van der Waals surface area contributed by atoms with Gasteiger partial charge in [-0.25, -0.2) is 13.1 Å². The molecular formula is C25H24N4O4S. The van der Waals surface area contributed by atoms with Gasteiger partial charge in [-0.3, -0.25) is 9.10 Å². The summed E-state index contributed by atoms with van der Waals surface area (Å²) in [5.41, 5.74) is 3.03. The molecule has 9 heteroatoms. The van der Waals surface area contributed by atoms with E-state index in [1.54, 1.807) is 66.5 Å². The first-order valence-electron chi connectivity index (χ1n) is 10.4. The lowest BCUT2D eigenvalue weighted by molar-refractivity contribution is 0.102. The van der Waals surface area contributed by atoms with Gasteiger partial charge in [0.25, 0.3) is 15.9 Å². The Hall–Kier alpha value is -4.11. The van der Waals surface area contributed by atoms with Gasteiger partial charge in [-0.1, -0.05) is 12.1 Å². The van der Waals surface area contributed by atoms with Crippen LogP contribution in [0.3, 0.4) is 0 Å². The van der Waals surface area contributed by atoms with E-state index in [4.69, 9.17) is 4.74 Å². The van der Waals surface area contributed by atoms with E-state index >= 15 is 0 Å². The maximum atomic E-state index is 13.2. The van der Waals surface area contributed by atoms with Crippen LogP contribution in [0.25, 0.3) is 5.69 Å². The normalized spacial score (nSPS) is 11.1. The first kappa shape index (κ1) is 23.1. The molecule has 0 aliphatic carbocycles. The SMILES string of the molecule is COc1ccc(N(C)S(=O)(=O)c2cccc(C(=O)Nc3cccc(-n4nccc4C)c3)c2)cc1. The second kappa shape index (κ2) is 9.40. The summed E-state index contributed by atoms with van der Waals surface area (Å²) in [6.45, 7) is 1.94. The van der Waals surface area contributed by atoms with Gasteiger partial charge in [0.2, 0.25) is 0 Å². The van der Waals surface area contributed by atoms with E-state index in [0.29, 0.717) is 17.1 Å². The van der Waals surface area contributed by atoms with Gasteiger partial charge >= 0.3 is 0 Å². The van der Waals surface area contributed by atoms with Crippen molar-refractivity contribution in [2.75, 3.05) is 23.8 Å². The number of rotatable bonds is 7. The quantitative estimate of drug-likeness (QED) is 0.430. The Morgan fingerprint density at radius 2 is 1.74 bits per heavy atom. The molecule has 1 N–H and O–H groups in total. The van der Waals surface area contributed by atoms with Gasteiger partial charge in [-0.15, -0.1) is 0 Å². The fourth-order valence-electron chi connectivity index (χ4n) is 3.45. The van der Waals surface area contributed by atoms with Crippen molar-refractivity contribution in [3.63, 3.8) is 0 Å². The minimum absolute atomic E-state index is 0.0133. The van der Waals surface area contributed by atoms with Crippen LogP contribution in [0, 0.1) is 6.92 Å². The third-order valence-electron chi connectivity index (χ3n) is 5.37. The molecule has 1 aromatic heterocycles. The summed E-state index contributed by atoms with van der Waals surface area (Å²) in [7, 11) is -0.873. The molecule has 0 saturated carbocycles. The zero-order valence-electron chi connectivity index (χ0n) is 19.0. The summed E-state index contributed by atoms with van der Waals surface area (Å²) < 4.78 is 34.4. The van der Waals surface area contributed by atoms with Crippen molar-refractivity contribution in [1.29, 1.82) is 0 Å². The van der Waals surface area contributed by atoms with E-state index in [1.807, 2.05) is 25.1 Å². The van der Waals surface area contributed by atoms with E-state index in [-0.39, 0.29) is 10.5 Å². The number of methoxy groups -OCH3 is 1. The topological polar surface area (TPSA) is 93.5 Å². The number of aryl methyl sites for hydroxylation is 1. The molecule has 4 aromatic rings. The minimum atomic E-state index is -3.88. The number of nitrogens with one attached hydrogen (secondary N) is 1. The molecule has 0 aliphatic heterocycles. The van der Waals surface area contributed by atoms with Crippen LogP contribution < -0.4 is 14.4 Å². The molecule has 34 heavy (non-hydrogen) atoms. The highest BCUT2D eigenvalue weighted by atomic mass is 32.2. The van der Waals surface area contributed by atoms with E-state index in [9.17, 15) is 13.2 Å². The molecule has 0 spiro atoms. The summed E-state index contributed by atoms with van der Waals surface area (Å²) >= 11 is 0. The summed E-state index contributed by atoms with van der Waals surface area (Å²) in [5, 5.41) is 7.11. The zero-order chi connectivity index (χ0) is 24.3. The first-order chi connectivity index (χ1) is 16.3. The molecular weight excluding hydrogens is 452 g/mol. The van der Waals surface area contributed by atoms with Gasteiger partial charge in [0, 0.05) is 30.2 Å². The lowest BCUT2D eigenvalue weighted by atomic mass is 10.2. The number of benzene rings is 3.